The second kappa shape index (κ2) is 5.31. The first-order chi connectivity index (χ1) is 13.0. The largest absolute Gasteiger partial charge is 0.504 e. The molecular formula is C19H20O9. The van der Waals surface area contributed by atoms with E-state index in [-0.39, 0.29) is 12.0 Å². The molecule has 1 saturated carbocycles. The van der Waals surface area contributed by atoms with Gasteiger partial charge in [0.05, 0.1) is 12.0 Å². The van der Waals surface area contributed by atoms with E-state index in [1.807, 2.05) is 0 Å². The fraction of sp³-hybridized carbons (Fsp3) is 0.526. The monoisotopic (exact) mass is 392 g/mol. The van der Waals surface area contributed by atoms with Crippen LogP contribution in [0.25, 0.3) is 0 Å². The number of cyclic esters (lactones) is 1. The third-order valence-corrected chi connectivity index (χ3v) is 6.74. The van der Waals surface area contributed by atoms with Crippen molar-refractivity contribution >= 4 is 17.7 Å². The van der Waals surface area contributed by atoms with Gasteiger partial charge in [0.25, 0.3) is 0 Å². The lowest BCUT2D eigenvalue weighted by Crippen LogP contribution is -2.72. The number of ketones is 1. The third kappa shape index (κ3) is 1.75. The Morgan fingerprint density at radius 1 is 1.29 bits per heavy atom. The molecule has 0 amide bonds. The van der Waals surface area contributed by atoms with Crippen LogP contribution in [-0.2, 0) is 23.9 Å². The smallest absolute Gasteiger partial charge is 0.338 e. The maximum absolute atomic E-state index is 12.7. The molecule has 2 aliphatic carbocycles. The van der Waals surface area contributed by atoms with Crippen molar-refractivity contribution in [3.05, 3.63) is 35.1 Å². The lowest BCUT2D eigenvalue weighted by molar-refractivity contribution is -0.231. The van der Waals surface area contributed by atoms with Crippen LogP contribution >= 0.6 is 0 Å². The van der Waals surface area contributed by atoms with Crippen LogP contribution < -0.4 is 0 Å². The summed E-state index contributed by atoms with van der Waals surface area (Å²) in [6, 6.07) is 0. The normalized spacial score (nSPS) is 45.0. The van der Waals surface area contributed by atoms with Gasteiger partial charge in [-0.3, -0.25) is 4.79 Å². The molecule has 2 heterocycles. The minimum Gasteiger partial charge on any atom is -0.504 e. The van der Waals surface area contributed by atoms with Crippen LogP contribution in [0.4, 0.5) is 0 Å². The van der Waals surface area contributed by atoms with E-state index in [0.29, 0.717) is 5.57 Å². The van der Waals surface area contributed by atoms with Gasteiger partial charge in [0.1, 0.15) is 17.8 Å². The molecule has 28 heavy (non-hydrogen) atoms. The summed E-state index contributed by atoms with van der Waals surface area (Å²) in [5.74, 6) is -3.62. The Bertz CT molecular complexity index is 914. The molecular weight excluding hydrogens is 372 g/mol. The molecule has 9 nitrogen and oxygen atoms in total. The van der Waals surface area contributed by atoms with Gasteiger partial charge < -0.3 is 29.9 Å². The molecule has 0 aromatic carbocycles. The van der Waals surface area contributed by atoms with Gasteiger partial charge in [0, 0.05) is 22.6 Å². The van der Waals surface area contributed by atoms with Gasteiger partial charge >= 0.3 is 11.9 Å². The van der Waals surface area contributed by atoms with Crippen molar-refractivity contribution in [2.45, 2.75) is 44.2 Å². The van der Waals surface area contributed by atoms with Gasteiger partial charge in [0.2, 0.25) is 5.78 Å². The Morgan fingerprint density at radius 2 is 1.93 bits per heavy atom. The lowest BCUT2D eigenvalue weighted by atomic mass is 9.54. The Kier molecular flexibility index (Phi) is 3.58. The average Bonchev–Trinajstić information content (AvgIpc) is 3.11. The molecule has 2 aliphatic heterocycles. The van der Waals surface area contributed by atoms with E-state index in [4.69, 9.17) is 9.47 Å². The van der Waals surface area contributed by atoms with E-state index in [0.717, 1.165) is 0 Å². The Labute approximate surface area is 159 Å². The number of allylic oxidation sites excluding steroid dienone is 1. The van der Waals surface area contributed by atoms with Gasteiger partial charge in [0.15, 0.2) is 11.9 Å². The van der Waals surface area contributed by atoms with Crippen molar-refractivity contribution in [2.75, 3.05) is 6.61 Å². The molecule has 1 saturated heterocycles. The van der Waals surface area contributed by atoms with E-state index < -0.39 is 70.4 Å². The summed E-state index contributed by atoms with van der Waals surface area (Å²) in [5, 5.41) is 43.0. The molecule has 4 aliphatic rings. The molecule has 6 unspecified atom stereocenters. The number of aliphatic hydroxyl groups excluding tert-OH is 3. The Hall–Kier alpha value is -2.49. The van der Waals surface area contributed by atoms with Crippen LogP contribution in [0.3, 0.4) is 0 Å². The van der Waals surface area contributed by atoms with Crippen LogP contribution in [0.15, 0.2) is 35.1 Å². The van der Waals surface area contributed by atoms with Crippen molar-refractivity contribution < 1.29 is 44.3 Å². The van der Waals surface area contributed by atoms with Gasteiger partial charge in [-0.15, -0.1) is 0 Å². The second-order valence-corrected chi connectivity index (χ2v) is 8.08. The van der Waals surface area contributed by atoms with E-state index in [2.05, 4.69) is 6.58 Å². The van der Waals surface area contributed by atoms with Crippen LogP contribution in [0.5, 0.6) is 0 Å². The number of Topliss-reactive ketones (excluding diaryl/α,β-unsaturated/α-hetero) is 1. The SMILES string of the molecule is C=C1C(=O)C(O)=C2C(C)(C3OC(=O)C=C3C)CC3OC(=O)C(O)C1(O)C23CO. The summed E-state index contributed by atoms with van der Waals surface area (Å²) >= 11 is 0. The molecule has 4 N–H and O–H groups in total. The zero-order valence-corrected chi connectivity index (χ0v) is 15.3. The summed E-state index contributed by atoms with van der Waals surface area (Å²) in [6.07, 6.45) is -3.13. The molecule has 4 rings (SSSR count). The molecule has 6 atom stereocenters. The highest BCUT2D eigenvalue weighted by Gasteiger charge is 2.78. The van der Waals surface area contributed by atoms with Gasteiger partial charge in [-0.05, 0) is 18.9 Å². The van der Waals surface area contributed by atoms with Crippen LogP contribution in [0.1, 0.15) is 20.3 Å². The molecule has 150 valence electrons. The first-order valence-corrected chi connectivity index (χ1v) is 8.75. The van der Waals surface area contributed by atoms with Gasteiger partial charge in [-0.25, -0.2) is 9.59 Å². The number of carbonyl (C=O) groups excluding carboxylic acids is 3. The molecule has 0 aromatic heterocycles. The van der Waals surface area contributed by atoms with E-state index in [1.165, 1.54) is 6.08 Å². The molecule has 9 heteroatoms. The topological polar surface area (TPSA) is 151 Å². The van der Waals surface area contributed by atoms with Crippen molar-refractivity contribution in [1.29, 1.82) is 0 Å². The molecule has 0 aromatic rings. The van der Waals surface area contributed by atoms with Crippen LogP contribution in [0.2, 0.25) is 0 Å². The number of hydrogen-bond acceptors (Lipinski definition) is 9. The first kappa shape index (κ1) is 18.9. The third-order valence-electron chi connectivity index (χ3n) is 6.74. The predicted octanol–water partition coefficient (Wildman–Crippen LogP) is -0.785. The summed E-state index contributed by atoms with van der Waals surface area (Å²) in [7, 11) is 0. The predicted molar refractivity (Wildman–Crippen MR) is 90.5 cm³/mol. The highest BCUT2D eigenvalue weighted by molar-refractivity contribution is 6.11. The Balaban J connectivity index is 2.05. The number of hydrogen-bond donors (Lipinski definition) is 4. The highest BCUT2D eigenvalue weighted by Crippen LogP contribution is 2.68. The van der Waals surface area contributed by atoms with E-state index >= 15 is 0 Å². The quantitative estimate of drug-likeness (QED) is 0.350. The number of esters is 2. The highest BCUT2D eigenvalue weighted by atomic mass is 16.6. The fourth-order valence-electron chi connectivity index (χ4n) is 5.55. The zero-order chi connectivity index (χ0) is 20.8. The molecule has 0 bridgehead atoms. The zero-order valence-electron chi connectivity index (χ0n) is 15.3. The van der Waals surface area contributed by atoms with Crippen molar-refractivity contribution in [3.63, 3.8) is 0 Å². The van der Waals surface area contributed by atoms with Crippen LogP contribution in [-0.4, -0.2) is 68.7 Å². The number of ether oxygens (including phenoxy) is 2. The van der Waals surface area contributed by atoms with Crippen molar-refractivity contribution in [1.82, 2.24) is 0 Å². The van der Waals surface area contributed by atoms with Crippen molar-refractivity contribution in [2.24, 2.45) is 10.8 Å². The fourth-order valence-corrected chi connectivity index (χ4v) is 5.55. The number of carbonyl (C=O) groups is 3. The lowest BCUT2D eigenvalue weighted by Gasteiger charge is -2.55. The summed E-state index contributed by atoms with van der Waals surface area (Å²) in [6.45, 7) is 5.83. The summed E-state index contributed by atoms with van der Waals surface area (Å²) < 4.78 is 10.7. The second-order valence-electron chi connectivity index (χ2n) is 8.08. The van der Waals surface area contributed by atoms with Gasteiger partial charge in [-0.2, -0.15) is 0 Å². The molecule has 0 radical (unpaired) electrons. The van der Waals surface area contributed by atoms with E-state index in [9.17, 15) is 34.8 Å². The number of aliphatic hydroxyl groups is 4. The minimum absolute atomic E-state index is 0.0720. The standard InChI is InChI=1S/C19H20O9/c1-7-4-10(21)28-15(7)17(3)5-9-18(6-20)13(17)12(23)11(22)8(2)19(18,26)14(24)16(25)27-9/h4,9,14-15,20,23-24,26H,2,5-6H2,1,3H3. The van der Waals surface area contributed by atoms with Gasteiger partial charge in [-0.1, -0.05) is 13.5 Å². The minimum atomic E-state index is -2.58. The average molecular weight is 392 g/mol. The molecule has 0 spiro atoms. The maximum atomic E-state index is 12.7. The summed E-state index contributed by atoms with van der Waals surface area (Å²) in [4.78, 5) is 36.7. The van der Waals surface area contributed by atoms with E-state index in [1.54, 1.807) is 13.8 Å². The summed E-state index contributed by atoms with van der Waals surface area (Å²) in [5.41, 5.74) is -6.02. The number of rotatable bonds is 2. The first-order valence-electron chi connectivity index (χ1n) is 8.75. The van der Waals surface area contributed by atoms with Crippen molar-refractivity contribution in [3.8, 4) is 0 Å². The maximum Gasteiger partial charge on any atom is 0.338 e. The molecule has 2 fully saturated rings. The Morgan fingerprint density at radius 3 is 2.46 bits per heavy atom. The van der Waals surface area contributed by atoms with Crippen LogP contribution in [0, 0.1) is 10.8 Å².